The van der Waals surface area contributed by atoms with Crippen LogP contribution >= 0.6 is 11.8 Å². The molecular formula is C22H30N2O4S2. The minimum absolute atomic E-state index is 0.0211. The lowest BCUT2D eigenvalue weighted by molar-refractivity contribution is -0.118. The summed E-state index contributed by atoms with van der Waals surface area (Å²) in [4.78, 5) is 19.0. The summed E-state index contributed by atoms with van der Waals surface area (Å²) < 4.78 is 29.5. The molecular weight excluding hydrogens is 420 g/mol. The number of amides is 1. The van der Waals surface area contributed by atoms with Gasteiger partial charge in [0, 0.05) is 18.2 Å². The molecule has 8 heteroatoms. The van der Waals surface area contributed by atoms with Crippen LogP contribution in [0.4, 0.5) is 0 Å². The van der Waals surface area contributed by atoms with E-state index in [4.69, 9.17) is 4.74 Å². The standard InChI is InChI=1S/C22H30N2O4S2/c1-28-18-9-6-17(7-10-18)12-13-24-19-14-30(26,27)15-20(19)29-22(24)23-21(25)11-8-16-4-2-3-5-16/h6-7,9-10,16,19-20H,2-5,8,11-15H2,1H3/t19-,20-/m1/s1. The number of benzene rings is 1. The Bertz CT molecular complexity index is 892. The second-order valence-corrected chi connectivity index (χ2v) is 11.9. The van der Waals surface area contributed by atoms with Gasteiger partial charge in [-0.15, -0.1) is 0 Å². The van der Waals surface area contributed by atoms with Crippen LogP contribution in [0.2, 0.25) is 0 Å². The summed E-state index contributed by atoms with van der Waals surface area (Å²) in [6, 6.07) is 7.82. The molecule has 0 bridgehead atoms. The zero-order valence-electron chi connectivity index (χ0n) is 17.5. The SMILES string of the molecule is COc1ccc(CCN2C(=NC(=O)CCC3CCCC3)S[C@@H]3CS(=O)(=O)C[C@H]32)cc1. The van der Waals surface area contributed by atoms with Crippen molar-refractivity contribution in [2.24, 2.45) is 10.9 Å². The Balaban J connectivity index is 1.43. The predicted octanol–water partition coefficient (Wildman–Crippen LogP) is 3.31. The lowest BCUT2D eigenvalue weighted by atomic mass is 10.0. The van der Waals surface area contributed by atoms with Gasteiger partial charge in [0.15, 0.2) is 15.0 Å². The summed E-state index contributed by atoms with van der Waals surface area (Å²) in [5, 5.41) is 0.692. The highest BCUT2D eigenvalue weighted by Crippen LogP contribution is 2.38. The molecule has 3 aliphatic rings. The largest absolute Gasteiger partial charge is 0.497 e. The molecule has 3 fully saturated rings. The molecule has 0 radical (unpaired) electrons. The smallest absolute Gasteiger partial charge is 0.248 e. The maximum Gasteiger partial charge on any atom is 0.248 e. The van der Waals surface area contributed by atoms with Crippen LogP contribution in [0, 0.1) is 5.92 Å². The molecule has 1 aliphatic carbocycles. The average Bonchev–Trinajstić information content (AvgIpc) is 3.40. The van der Waals surface area contributed by atoms with E-state index < -0.39 is 9.84 Å². The van der Waals surface area contributed by atoms with Crippen molar-refractivity contribution < 1.29 is 17.9 Å². The molecule has 0 spiro atoms. The number of hydrogen-bond acceptors (Lipinski definition) is 5. The van der Waals surface area contributed by atoms with E-state index in [9.17, 15) is 13.2 Å². The molecule has 0 N–H and O–H groups in total. The van der Waals surface area contributed by atoms with Crippen molar-refractivity contribution in [3.63, 3.8) is 0 Å². The van der Waals surface area contributed by atoms with Gasteiger partial charge in [-0.1, -0.05) is 49.6 Å². The summed E-state index contributed by atoms with van der Waals surface area (Å²) in [7, 11) is -1.38. The molecule has 2 saturated heterocycles. The van der Waals surface area contributed by atoms with Gasteiger partial charge in [-0.2, -0.15) is 4.99 Å². The van der Waals surface area contributed by atoms with Gasteiger partial charge >= 0.3 is 0 Å². The van der Waals surface area contributed by atoms with E-state index in [1.165, 1.54) is 37.4 Å². The number of rotatable bonds is 7. The normalized spacial score (nSPS) is 27.0. The van der Waals surface area contributed by atoms with Crippen molar-refractivity contribution in [1.29, 1.82) is 0 Å². The number of thioether (sulfide) groups is 1. The van der Waals surface area contributed by atoms with E-state index in [1.807, 2.05) is 24.3 Å². The molecule has 1 saturated carbocycles. The highest BCUT2D eigenvalue weighted by molar-refractivity contribution is 8.15. The third-order valence-corrected chi connectivity index (χ3v) is 9.68. The van der Waals surface area contributed by atoms with Crippen LogP contribution in [-0.2, 0) is 21.1 Å². The van der Waals surface area contributed by atoms with Crippen molar-refractivity contribution >= 4 is 32.7 Å². The van der Waals surface area contributed by atoms with E-state index in [0.717, 1.165) is 24.2 Å². The fraction of sp³-hybridized carbons (Fsp3) is 0.636. The maximum absolute atomic E-state index is 12.5. The molecule has 1 aromatic carbocycles. The number of aliphatic imine (C=N–C) groups is 1. The Morgan fingerprint density at radius 1 is 1.20 bits per heavy atom. The quantitative estimate of drug-likeness (QED) is 0.634. The molecule has 6 nitrogen and oxygen atoms in total. The molecule has 2 heterocycles. The fourth-order valence-electron chi connectivity index (χ4n) is 4.73. The number of amidine groups is 1. The Labute approximate surface area is 183 Å². The predicted molar refractivity (Wildman–Crippen MR) is 121 cm³/mol. The zero-order valence-corrected chi connectivity index (χ0v) is 19.1. The molecule has 1 aromatic rings. The minimum atomic E-state index is -3.02. The number of hydrogen-bond donors (Lipinski definition) is 0. The Morgan fingerprint density at radius 2 is 1.93 bits per heavy atom. The number of methoxy groups -OCH3 is 1. The zero-order chi connectivity index (χ0) is 21.1. The summed E-state index contributed by atoms with van der Waals surface area (Å²) in [5.41, 5.74) is 1.15. The second-order valence-electron chi connectivity index (χ2n) is 8.57. The number of ether oxygens (including phenoxy) is 1. The van der Waals surface area contributed by atoms with Crippen molar-refractivity contribution in [3.05, 3.63) is 29.8 Å². The van der Waals surface area contributed by atoms with Crippen LogP contribution in [0.1, 0.15) is 44.1 Å². The highest BCUT2D eigenvalue weighted by Gasteiger charge is 2.48. The molecule has 2 atom stereocenters. The third kappa shape index (κ3) is 5.19. The van der Waals surface area contributed by atoms with Crippen LogP contribution in [0.5, 0.6) is 5.75 Å². The maximum atomic E-state index is 12.5. The van der Waals surface area contributed by atoms with Gasteiger partial charge in [0.25, 0.3) is 0 Å². The van der Waals surface area contributed by atoms with Crippen molar-refractivity contribution in [2.45, 2.75) is 56.2 Å². The summed E-state index contributed by atoms with van der Waals surface area (Å²) >= 11 is 1.48. The van der Waals surface area contributed by atoms with Crippen LogP contribution in [0.25, 0.3) is 0 Å². The Kier molecular flexibility index (Phi) is 6.72. The number of nitrogens with zero attached hydrogens (tertiary/aromatic N) is 2. The first kappa shape index (κ1) is 21.7. The lowest BCUT2D eigenvalue weighted by Crippen LogP contribution is -2.39. The van der Waals surface area contributed by atoms with Gasteiger partial charge in [0.2, 0.25) is 5.91 Å². The van der Waals surface area contributed by atoms with Crippen LogP contribution < -0.4 is 4.74 Å². The molecule has 1 amide bonds. The number of carbonyl (C=O) groups excluding carboxylic acids is 1. The summed E-state index contributed by atoms with van der Waals surface area (Å²) in [6.45, 7) is 0.657. The average molecular weight is 451 g/mol. The van der Waals surface area contributed by atoms with E-state index in [2.05, 4.69) is 9.89 Å². The van der Waals surface area contributed by atoms with Gasteiger partial charge in [0.1, 0.15) is 5.75 Å². The molecule has 0 aromatic heterocycles. The molecule has 0 unspecified atom stereocenters. The van der Waals surface area contributed by atoms with Crippen molar-refractivity contribution in [1.82, 2.24) is 4.90 Å². The molecule has 164 valence electrons. The van der Waals surface area contributed by atoms with Crippen molar-refractivity contribution in [3.8, 4) is 5.75 Å². The first-order valence-electron chi connectivity index (χ1n) is 10.8. The molecule has 4 rings (SSSR count). The summed E-state index contributed by atoms with van der Waals surface area (Å²) in [5.74, 6) is 1.74. The second kappa shape index (κ2) is 9.30. The van der Waals surface area contributed by atoms with Crippen LogP contribution in [-0.4, -0.2) is 60.8 Å². The van der Waals surface area contributed by atoms with Crippen LogP contribution in [0.15, 0.2) is 29.3 Å². The highest BCUT2D eigenvalue weighted by atomic mass is 32.2. The number of carbonyl (C=O) groups is 1. The third-order valence-electron chi connectivity index (χ3n) is 6.44. The number of sulfone groups is 1. The minimum Gasteiger partial charge on any atom is -0.497 e. The van der Waals surface area contributed by atoms with Gasteiger partial charge in [-0.3, -0.25) is 4.79 Å². The number of fused-ring (bicyclic) bond motifs is 1. The van der Waals surface area contributed by atoms with E-state index in [0.29, 0.717) is 24.1 Å². The van der Waals surface area contributed by atoms with Gasteiger partial charge in [-0.25, -0.2) is 8.42 Å². The van der Waals surface area contributed by atoms with Gasteiger partial charge in [0.05, 0.1) is 24.7 Å². The van der Waals surface area contributed by atoms with Gasteiger partial charge in [-0.05, 0) is 36.5 Å². The Morgan fingerprint density at radius 3 is 2.63 bits per heavy atom. The molecule has 30 heavy (non-hydrogen) atoms. The lowest BCUT2D eigenvalue weighted by Gasteiger charge is -2.24. The van der Waals surface area contributed by atoms with Gasteiger partial charge < -0.3 is 9.64 Å². The van der Waals surface area contributed by atoms with E-state index in [1.54, 1.807) is 7.11 Å². The fourth-order valence-corrected chi connectivity index (χ4v) is 8.72. The van der Waals surface area contributed by atoms with E-state index >= 15 is 0 Å². The summed E-state index contributed by atoms with van der Waals surface area (Å²) in [6.07, 6.45) is 7.20. The monoisotopic (exact) mass is 450 g/mol. The van der Waals surface area contributed by atoms with E-state index in [-0.39, 0.29) is 28.7 Å². The Hall–Kier alpha value is -1.54. The topological polar surface area (TPSA) is 76.0 Å². The molecule has 2 aliphatic heterocycles. The first-order chi connectivity index (χ1) is 14.4. The van der Waals surface area contributed by atoms with Crippen LogP contribution in [0.3, 0.4) is 0 Å². The van der Waals surface area contributed by atoms with Crippen molar-refractivity contribution in [2.75, 3.05) is 25.2 Å². The first-order valence-corrected chi connectivity index (χ1v) is 13.5.